The molecular formula is C36H25NS. The van der Waals surface area contributed by atoms with Crippen LogP contribution in [0.5, 0.6) is 0 Å². The molecular weight excluding hydrogens is 478 g/mol. The van der Waals surface area contributed by atoms with Crippen LogP contribution in [0.4, 0.5) is 11.4 Å². The largest absolute Gasteiger partial charge is 0.356 e. The highest BCUT2D eigenvalue weighted by Gasteiger charge is 2.11. The summed E-state index contributed by atoms with van der Waals surface area (Å²) in [7, 11) is 0. The van der Waals surface area contributed by atoms with Crippen molar-refractivity contribution in [3.8, 4) is 33.4 Å². The Morgan fingerprint density at radius 1 is 0.395 bits per heavy atom. The maximum Gasteiger partial charge on any atom is 0.0433 e. The smallest absolute Gasteiger partial charge is 0.0433 e. The molecule has 6 aromatic carbocycles. The van der Waals surface area contributed by atoms with Gasteiger partial charge in [0.05, 0.1) is 0 Å². The minimum atomic E-state index is 1.08. The maximum absolute atomic E-state index is 3.53. The second-order valence-electron chi connectivity index (χ2n) is 9.51. The van der Waals surface area contributed by atoms with Gasteiger partial charge >= 0.3 is 0 Å². The molecule has 180 valence electrons. The third kappa shape index (κ3) is 4.26. The van der Waals surface area contributed by atoms with Crippen LogP contribution in [0.25, 0.3) is 53.6 Å². The number of hydrogen-bond acceptors (Lipinski definition) is 2. The molecule has 0 radical (unpaired) electrons. The van der Waals surface area contributed by atoms with Gasteiger partial charge in [-0.3, -0.25) is 0 Å². The number of hydrogen-bond donors (Lipinski definition) is 1. The summed E-state index contributed by atoms with van der Waals surface area (Å²) < 4.78 is 2.69. The molecule has 0 aliphatic heterocycles. The topological polar surface area (TPSA) is 12.0 Å². The zero-order valence-electron chi connectivity index (χ0n) is 20.8. The van der Waals surface area contributed by atoms with E-state index in [0.29, 0.717) is 0 Å². The van der Waals surface area contributed by atoms with Gasteiger partial charge < -0.3 is 5.32 Å². The van der Waals surface area contributed by atoms with Crippen LogP contribution in [-0.4, -0.2) is 0 Å². The van der Waals surface area contributed by atoms with E-state index in [0.717, 1.165) is 11.4 Å². The normalized spacial score (nSPS) is 11.2. The van der Waals surface area contributed by atoms with E-state index >= 15 is 0 Å². The summed E-state index contributed by atoms with van der Waals surface area (Å²) in [4.78, 5) is 0. The lowest BCUT2D eigenvalue weighted by Crippen LogP contribution is -1.90. The third-order valence-electron chi connectivity index (χ3n) is 7.08. The van der Waals surface area contributed by atoms with Crippen LogP contribution in [0.3, 0.4) is 0 Å². The van der Waals surface area contributed by atoms with Crippen molar-refractivity contribution in [3.05, 3.63) is 146 Å². The van der Waals surface area contributed by atoms with E-state index in [4.69, 9.17) is 0 Å². The molecule has 0 fully saturated rings. The van der Waals surface area contributed by atoms with Crippen molar-refractivity contribution in [1.29, 1.82) is 0 Å². The van der Waals surface area contributed by atoms with Gasteiger partial charge in [-0.05, 0) is 69.8 Å². The van der Waals surface area contributed by atoms with E-state index in [-0.39, 0.29) is 0 Å². The Hall–Kier alpha value is -4.66. The van der Waals surface area contributed by atoms with Gasteiger partial charge in [0.1, 0.15) is 0 Å². The number of thiophene rings is 1. The number of anilines is 2. The molecule has 38 heavy (non-hydrogen) atoms. The molecule has 0 aliphatic rings. The van der Waals surface area contributed by atoms with Gasteiger partial charge in [-0.2, -0.15) is 0 Å². The molecule has 0 spiro atoms. The minimum absolute atomic E-state index is 1.08. The fourth-order valence-corrected chi connectivity index (χ4v) is 6.37. The number of rotatable bonds is 5. The molecule has 7 aromatic rings. The predicted octanol–water partition coefficient (Wildman–Crippen LogP) is 10.8. The average Bonchev–Trinajstić information content (AvgIpc) is 3.37. The first-order valence-electron chi connectivity index (χ1n) is 12.9. The Kier molecular flexibility index (Phi) is 5.73. The summed E-state index contributed by atoms with van der Waals surface area (Å²) in [6, 6.07) is 52.0. The Morgan fingerprint density at radius 3 is 1.71 bits per heavy atom. The fourth-order valence-electron chi connectivity index (χ4n) is 5.13. The summed E-state index contributed by atoms with van der Waals surface area (Å²) in [5, 5.41) is 6.20. The van der Waals surface area contributed by atoms with Gasteiger partial charge in [-0.1, -0.05) is 109 Å². The lowest BCUT2D eigenvalue weighted by molar-refractivity contribution is 1.53. The van der Waals surface area contributed by atoms with E-state index in [1.54, 1.807) is 0 Å². The van der Waals surface area contributed by atoms with Crippen molar-refractivity contribution in [2.75, 3.05) is 5.32 Å². The second-order valence-corrected chi connectivity index (χ2v) is 10.6. The highest BCUT2D eigenvalue weighted by atomic mass is 32.1. The fraction of sp³-hybridized carbons (Fsp3) is 0. The highest BCUT2D eigenvalue weighted by Crippen LogP contribution is 2.40. The molecule has 1 heterocycles. The van der Waals surface area contributed by atoms with Crippen molar-refractivity contribution < 1.29 is 0 Å². The summed E-state index contributed by atoms with van der Waals surface area (Å²) in [6.07, 6.45) is 0. The van der Waals surface area contributed by atoms with Crippen molar-refractivity contribution in [2.24, 2.45) is 0 Å². The molecule has 0 unspecified atom stereocenters. The second kappa shape index (κ2) is 9.66. The van der Waals surface area contributed by atoms with Crippen molar-refractivity contribution in [2.45, 2.75) is 0 Å². The molecule has 0 saturated heterocycles. The molecule has 0 bridgehead atoms. The predicted molar refractivity (Wildman–Crippen MR) is 165 cm³/mol. The molecule has 7 rings (SSSR count). The summed E-state index contributed by atoms with van der Waals surface area (Å²) in [6.45, 7) is 0. The Morgan fingerprint density at radius 2 is 0.947 bits per heavy atom. The van der Waals surface area contributed by atoms with Crippen LogP contribution in [-0.2, 0) is 0 Å². The van der Waals surface area contributed by atoms with Crippen LogP contribution < -0.4 is 5.32 Å². The average molecular weight is 504 g/mol. The first-order valence-corrected chi connectivity index (χ1v) is 13.7. The Labute approximate surface area is 226 Å². The van der Waals surface area contributed by atoms with E-state index in [2.05, 4.69) is 145 Å². The quantitative estimate of drug-likeness (QED) is 0.246. The molecule has 0 amide bonds. The molecule has 1 nitrogen and oxygen atoms in total. The zero-order valence-corrected chi connectivity index (χ0v) is 21.6. The van der Waals surface area contributed by atoms with Crippen LogP contribution in [0.15, 0.2) is 146 Å². The molecule has 1 N–H and O–H groups in total. The standard InChI is InChI=1S/C36H25NS/c1-2-8-25(9-3-1)26-16-20-30(21-17-26)37-31-22-18-27(19-23-31)28-10-6-11-29(24-28)32-13-7-14-34-33-12-4-5-15-35(33)38-36(32)34/h1-24,37H. The highest BCUT2D eigenvalue weighted by molar-refractivity contribution is 7.26. The SMILES string of the molecule is c1ccc(-c2ccc(Nc3ccc(-c4cccc(-c5cccc6c5sc5ccccc56)c4)cc3)cc2)cc1. The lowest BCUT2D eigenvalue weighted by atomic mass is 9.98. The van der Waals surface area contributed by atoms with Crippen LogP contribution >= 0.6 is 11.3 Å². The van der Waals surface area contributed by atoms with Gasteiger partial charge in [0.15, 0.2) is 0 Å². The number of benzene rings is 6. The molecule has 1 aromatic heterocycles. The lowest BCUT2D eigenvalue weighted by Gasteiger charge is -2.10. The summed E-state index contributed by atoms with van der Waals surface area (Å²) in [5.74, 6) is 0. The summed E-state index contributed by atoms with van der Waals surface area (Å²) in [5.41, 5.74) is 9.58. The van der Waals surface area contributed by atoms with Crippen molar-refractivity contribution in [1.82, 2.24) is 0 Å². The minimum Gasteiger partial charge on any atom is -0.356 e. The van der Waals surface area contributed by atoms with Gasteiger partial charge in [0, 0.05) is 31.5 Å². The van der Waals surface area contributed by atoms with Gasteiger partial charge in [0.25, 0.3) is 0 Å². The van der Waals surface area contributed by atoms with Crippen LogP contribution in [0.1, 0.15) is 0 Å². The Balaban J connectivity index is 1.14. The van der Waals surface area contributed by atoms with E-state index in [1.165, 1.54) is 53.6 Å². The number of nitrogens with one attached hydrogen (secondary N) is 1. The van der Waals surface area contributed by atoms with Gasteiger partial charge in [-0.15, -0.1) is 11.3 Å². The van der Waals surface area contributed by atoms with E-state index in [9.17, 15) is 0 Å². The third-order valence-corrected chi connectivity index (χ3v) is 8.30. The number of fused-ring (bicyclic) bond motifs is 3. The molecule has 0 atom stereocenters. The van der Waals surface area contributed by atoms with Gasteiger partial charge in [-0.25, -0.2) is 0 Å². The molecule has 0 aliphatic carbocycles. The molecule has 2 heteroatoms. The van der Waals surface area contributed by atoms with Crippen molar-refractivity contribution in [3.63, 3.8) is 0 Å². The maximum atomic E-state index is 3.53. The zero-order chi connectivity index (χ0) is 25.3. The van der Waals surface area contributed by atoms with Crippen LogP contribution in [0.2, 0.25) is 0 Å². The molecule has 0 saturated carbocycles. The first-order chi connectivity index (χ1) is 18.8. The monoisotopic (exact) mass is 503 g/mol. The van der Waals surface area contributed by atoms with E-state index in [1.807, 2.05) is 17.4 Å². The first kappa shape index (κ1) is 22.5. The van der Waals surface area contributed by atoms with Crippen molar-refractivity contribution >= 4 is 42.9 Å². The van der Waals surface area contributed by atoms with E-state index < -0.39 is 0 Å². The summed E-state index contributed by atoms with van der Waals surface area (Å²) >= 11 is 1.88. The Bertz CT molecular complexity index is 1860. The van der Waals surface area contributed by atoms with Gasteiger partial charge in [0.2, 0.25) is 0 Å². The van der Waals surface area contributed by atoms with Crippen LogP contribution in [0, 0.1) is 0 Å².